The SMILES string of the molecule is CC(=O)C(Cl)c1ccc(C#N)cc1C(=O)O. The van der Waals surface area contributed by atoms with Gasteiger partial charge in [-0.1, -0.05) is 6.07 Å². The largest absolute Gasteiger partial charge is 0.478 e. The lowest BCUT2D eigenvalue weighted by atomic mass is 10.00. The summed E-state index contributed by atoms with van der Waals surface area (Å²) in [5, 5.41) is 16.6. The van der Waals surface area contributed by atoms with Gasteiger partial charge in [0.05, 0.1) is 17.2 Å². The molecule has 0 radical (unpaired) electrons. The van der Waals surface area contributed by atoms with Gasteiger partial charge in [-0.05, 0) is 24.6 Å². The molecule has 0 aliphatic carbocycles. The van der Waals surface area contributed by atoms with Crippen LogP contribution in [0.25, 0.3) is 0 Å². The molecule has 0 bridgehead atoms. The number of aromatic carboxylic acids is 1. The fourth-order valence-corrected chi connectivity index (χ4v) is 1.44. The topological polar surface area (TPSA) is 78.2 Å². The van der Waals surface area contributed by atoms with Crippen LogP contribution in [0.2, 0.25) is 0 Å². The van der Waals surface area contributed by atoms with Gasteiger partial charge in [-0.25, -0.2) is 4.79 Å². The maximum atomic E-state index is 11.1. The molecule has 1 aromatic carbocycles. The normalized spacial score (nSPS) is 11.6. The van der Waals surface area contributed by atoms with Crippen molar-refractivity contribution in [1.82, 2.24) is 0 Å². The van der Waals surface area contributed by atoms with E-state index in [1.165, 1.54) is 25.1 Å². The number of Topliss-reactive ketones (excluding diaryl/α,β-unsaturated/α-hetero) is 1. The highest BCUT2D eigenvalue weighted by Gasteiger charge is 2.20. The highest BCUT2D eigenvalue weighted by atomic mass is 35.5. The summed E-state index contributed by atoms with van der Waals surface area (Å²) in [5.41, 5.74) is 0.309. The van der Waals surface area contributed by atoms with Crippen LogP contribution in [0.1, 0.15) is 33.8 Å². The third-order valence-corrected chi connectivity index (χ3v) is 2.59. The van der Waals surface area contributed by atoms with Crippen molar-refractivity contribution in [3.63, 3.8) is 0 Å². The summed E-state index contributed by atoms with van der Waals surface area (Å²) in [7, 11) is 0. The van der Waals surface area contributed by atoms with E-state index in [2.05, 4.69) is 0 Å². The summed E-state index contributed by atoms with van der Waals surface area (Å²) in [6.45, 7) is 1.28. The number of benzene rings is 1. The Balaban J connectivity index is 3.35. The maximum Gasteiger partial charge on any atom is 0.336 e. The molecule has 1 unspecified atom stereocenters. The number of hydrogen-bond acceptors (Lipinski definition) is 3. The molecule has 0 fully saturated rings. The molecule has 4 nitrogen and oxygen atoms in total. The summed E-state index contributed by atoms with van der Waals surface area (Å²) >= 11 is 5.79. The number of nitrogens with zero attached hydrogens (tertiary/aromatic N) is 1. The number of rotatable bonds is 3. The molecule has 0 aromatic heterocycles. The molecule has 82 valence electrons. The Labute approximate surface area is 97.1 Å². The molecule has 0 saturated heterocycles. The van der Waals surface area contributed by atoms with Gasteiger partial charge in [-0.2, -0.15) is 5.26 Å². The number of carbonyl (C=O) groups excluding carboxylic acids is 1. The zero-order chi connectivity index (χ0) is 12.3. The van der Waals surface area contributed by atoms with E-state index < -0.39 is 11.3 Å². The summed E-state index contributed by atoms with van der Waals surface area (Å²) in [6, 6.07) is 5.85. The quantitative estimate of drug-likeness (QED) is 0.817. The van der Waals surface area contributed by atoms with Crippen molar-refractivity contribution in [2.45, 2.75) is 12.3 Å². The Kier molecular flexibility index (Phi) is 3.64. The Morgan fingerprint density at radius 3 is 2.56 bits per heavy atom. The van der Waals surface area contributed by atoms with Crippen LogP contribution < -0.4 is 0 Å². The molecule has 1 atom stereocenters. The summed E-state index contributed by atoms with van der Waals surface area (Å²) in [6.07, 6.45) is 0. The fourth-order valence-electron chi connectivity index (χ4n) is 1.25. The molecule has 5 heteroatoms. The van der Waals surface area contributed by atoms with Crippen LogP contribution in [0, 0.1) is 11.3 Å². The maximum absolute atomic E-state index is 11.1. The Hall–Kier alpha value is -1.86. The van der Waals surface area contributed by atoms with Crippen LogP contribution in [-0.2, 0) is 4.79 Å². The molecule has 0 spiro atoms. The zero-order valence-corrected chi connectivity index (χ0v) is 9.15. The van der Waals surface area contributed by atoms with Gasteiger partial charge in [0.2, 0.25) is 0 Å². The lowest BCUT2D eigenvalue weighted by molar-refractivity contribution is -0.116. The van der Waals surface area contributed by atoms with Crippen molar-refractivity contribution in [2.75, 3.05) is 0 Å². The van der Waals surface area contributed by atoms with Crippen LogP contribution >= 0.6 is 11.6 Å². The van der Waals surface area contributed by atoms with Crippen LogP contribution in [0.15, 0.2) is 18.2 Å². The van der Waals surface area contributed by atoms with Crippen molar-refractivity contribution in [1.29, 1.82) is 5.26 Å². The van der Waals surface area contributed by atoms with E-state index in [1.54, 1.807) is 0 Å². The first-order valence-corrected chi connectivity index (χ1v) is 4.83. The minimum atomic E-state index is -1.21. The summed E-state index contributed by atoms with van der Waals surface area (Å²) < 4.78 is 0. The van der Waals surface area contributed by atoms with E-state index in [0.717, 1.165) is 0 Å². The number of halogens is 1. The molecule has 1 N–H and O–H groups in total. The number of alkyl halides is 1. The summed E-state index contributed by atoms with van der Waals surface area (Å²) in [5.74, 6) is -1.55. The molecule has 1 aromatic rings. The Morgan fingerprint density at radius 1 is 1.50 bits per heavy atom. The van der Waals surface area contributed by atoms with Crippen molar-refractivity contribution >= 4 is 23.4 Å². The van der Waals surface area contributed by atoms with E-state index in [4.69, 9.17) is 22.0 Å². The van der Waals surface area contributed by atoms with Crippen LogP contribution in [0.3, 0.4) is 0 Å². The van der Waals surface area contributed by atoms with E-state index >= 15 is 0 Å². The number of carboxylic acids is 1. The lowest BCUT2D eigenvalue weighted by Crippen LogP contribution is -2.09. The van der Waals surface area contributed by atoms with Gasteiger partial charge in [0.15, 0.2) is 5.78 Å². The highest BCUT2D eigenvalue weighted by Crippen LogP contribution is 2.25. The second-order valence-corrected chi connectivity index (χ2v) is 3.63. The van der Waals surface area contributed by atoms with Crippen molar-refractivity contribution in [2.24, 2.45) is 0 Å². The summed E-state index contributed by atoms with van der Waals surface area (Å²) in [4.78, 5) is 22.0. The molecular weight excluding hydrogens is 230 g/mol. The van der Waals surface area contributed by atoms with E-state index in [1.807, 2.05) is 6.07 Å². The molecule has 0 heterocycles. The van der Waals surface area contributed by atoms with E-state index in [0.29, 0.717) is 0 Å². The predicted octanol–water partition coefficient (Wildman–Crippen LogP) is 2.13. The van der Waals surface area contributed by atoms with Crippen LogP contribution in [0.4, 0.5) is 0 Å². The standard InChI is InChI=1S/C11H8ClNO3/c1-6(14)10(12)8-3-2-7(5-13)4-9(8)11(15)16/h2-4,10H,1H3,(H,15,16). The van der Waals surface area contributed by atoms with Crippen molar-refractivity contribution < 1.29 is 14.7 Å². The van der Waals surface area contributed by atoms with E-state index in [9.17, 15) is 9.59 Å². The first-order valence-electron chi connectivity index (χ1n) is 4.39. The molecular formula is C11H8ClNO3. The monoisotopic (exact) mass is 237 g/mol. The molecule has 0 aliphatic rings. The highest BCUT2D eigenvalue weighted by molar-refractivity contribution is 6.31. The Morgan fingerprint density at radius 2 is 2.12 bits per heavy atom. The van der Waals surface area contributed by atoms with Crippen molar-refractivity contribution in [3.8, 4) is 6.07 Å². The number of hydrogen-bond donors (Lipinski definition) is 1. The first kappa shape index (κ1) is 12.2. The van der Waals surface area contributed by atoms with Gasteiger partial charge in [0.25, 0.3) is 0 Å². The van der Waals surface area contributed by atoms with Gasteiger partial charge in [0.1, 0.15) is 5.38 Å². The number of carbonyl (C=O) groups is 2. The average Bonchev–Trinajstić information content (AvgIpc) is 2.26. The lowest BCUT2D eigenvalue weighted by Gasteiger charge is -2.09. The zero-order valence-electron chi connectivity index (χ0n) is 8.40. The smallest absolute Gasteiger partial charge is 0.336 e. The molecule has 0 amide bonds. The number of ketones is 1. The molecule has 0 saturated carbocycles. The Bertz CT molecular complexity index is 490. The van der Waals surface area contributed by atoms with Gasteiger partial charge >= 0.3 is 5.97 Å². The van der Waals surface area contributed by atoms with Gasteiger partial charge in [0, 0.05) is 0 Å². The number of carboxylic acid groups (broad SMARTS) is 1. The van der Waals surface area contributed by atoms with Crippen LogP contribution in [0.5, 0.6) is 0 Å². The second kappa shape index (κ2) is 4.77. The molecule has 16 heavy (non-hydrogen) atoms. The third kappa shape index (κ3) is 2.38. The number of nitriles is 1. The third-order valence-electron chi connectivity index (χ3n) is 2.04. The minimum absolute atomic E-state index is 0.116. The van der Waals surface area contributed by atoms with Crippen LogP contribution in [-0.4, -0.2) is 16.9 Å². The van der Waals surface area contributed by atoms with E-state index in [-0.39, 0.29) is 22.5 Å². The second-order valence-electron chi connectivity index (χ2n) is 3.19. The molecule has 1 rings (SSSR count). The van der Waals surface area contributed by atoms with Gasteiger partial charge in [-0.3, -0.25) is 4.79 Å². The fraction of sp³-hybridized carbons (Fsp3) is 0.182. The van der Waals surface area contributed by atoms with Gasteiger partial charge < -0.3 is 5.11 Å². The predicted molar refractivity (Wildman–Crippen MR) is 57.4 cm³/mol. The van der Waals surface area contributed by atoms with Gasteiger partial charge in [-0.15, -0.1) is 11.6 Å². The first-order chi connectivity index (χ1) is 7.47. The molecule has 0 aliphatic heterocycles. The average molecular weight is 238 g/mol. The minimum Gasteiger partial charge on any atom is -0.478 e. The van der Waals surface area contributed by atoms with Crippen molar-refractivity contribution in [3.05, 3.63) is 34.9 Å².